The van der Waals surface area contributed by atoms with Gasteiger partial charge in [0.1, 0.15) is 4.90 Å². The summed E-state index contributed by atoms with van der Waals surface area (Å²) in [6.45, 7) is -0.427. The second-order valence-corrected chi connectivity index (χ2v) is 10.3. The Morgan fingerprint density at radius 1 is 1.00 bits per heavy atom. The maximum Gasteiger partial charge on any atom is 0.255 e. The Balaban J connectivity index is 1.77. The lowest BCUT2D eigenvalue weighted by molar-refractivity contribution is -0.121. The Hall–Kier alpha value is -3.11. The number of hydrogen-bond acceptors (Lipinski definition) is 6. The molecule has 0 bridgehead atoms. The third kappa shape index (κ3) is 7.20. The van der Waals surface area contributed by atoms with Crippen molar-refractivity contribution in [3.63, 3.8) is 0 Å². The number of sulfonamides is 1. The average Bonchev–Trinajstić information content (AvgIpc) is 2.88. The summed E-state index contributed by atoms with van der Waals surface area (Å²) in [5, 5.41) is 4.16. The molecule has 8 nitrogen and oxygen atoms in total. The second kappa shape index (κ2) is 12.7. The number of carbonyl (C=O) groups excluding carboxylic acids is 1. The smallest absolute Gasteiger partial charge is 0.255 e. The van der Waals surface area contributed by atoms with Crippen LogP contribution in [-0.4, -0.2) is 52.2 Å². The zero-order chi connectivity index (χ0) is 26.1. The molecule has 0 atom stereocenters. The van der Waals surface area contributed by atoms with Gasteiger partial charge in [0, 0.05) is 11.6 Å². The van der Waals surface area contributed by atoms with Crippen LogP contribution in [0.2, 0.25) is 10.0 Å². The lowest BCUT2D eigenvalue weighted by Gasteiger charge is -2.22. The van der Waals surface area contributed by atoms with E-state index in [0.717, 1.165) is 9.87 Å². The molecule has 0 spiro atoms. The number of amides is 1. The first-order chi connectivity index (χ1) is 17.2. The monoisotopic (exact) mass is 549 g/mol. The summed E-state index contributed by atoms with van der Waals surface area (Å²) >= 11 is 12.2. The number of carbonyl (C=O) groups is 1. The van der Waals surface area contributed by atoms with Gasteiger partial charge in [-0.2, -0.15) is 9.41 Å². The Kier molecular flexibility index (Phi) is 9.72. The SMILES string of the molecule is COc1ccc(/C=N\NC(=O)CN(CCc2ccccc2)S(=O)(=O)c2cc(Cl)ccc2Cl)cc1OC. The van der Waals surface area contributed by atoms with Gasteiger partial charge in [-0.15, -0.1) is 0 Å². The molecule has 0 aliphatic rings. The van der Waals surface area contributed by atoms with Crippen molar-refractivity contribution in [1.29, 1.82) is 0 Å². The van der Waals surface area contributed by atoms with Gasteiger partial charge in [-0.3, -0.25) is 4.79 Å². The standard InChI is InChI=1S/C25H25Cl2N3O5S/c1-34-22-11-8-19(14-23(22)35-2)16-28-29-25(31)17-30(13-12-18-6-4-3-5-7-18)36(32,33)24-15-20(26)9-10-21(24)27/h3-11,14-16H,12-13,17H2,1-2H3,(H,29,31)/b28-16-. The molecule has 0 saturated heterocycles. The van der Waals surface area contributed by atoms with Crippen LogP contribution in [0, 0.1) is 0 Å². The zero-order valence-electron chi connectivity index (χ0n) is 19.6. The first-order valence-electron chi connectivity index (χ1n) is 10.8. The number of nitrogens with zero attached hydrogens (tertiary/aromatic N) is 2. The van der Waals surface area contributed by atoms with Crippen molar-refractivity contribution in [3.8, 4) is 11.5 Å². The normalized spacial score (nSPS) is 11.6. The molecule has 1 amide bonds. The molecule has 3 aromatic rings. The van der Waals surface area contributed by atoms with Crippen molar-refractivity contribution in [2.45, 2.75) is 11.3 Å². The number of methoxy groups -OCH3 is 2. The van der Waals surface area contributed by atoms with Gasteiger partial charge in [-0.05, 0) is 53.9 Å². The zero-order valence-corrected chi connectivity index (χ0v) is 22.0. The third-order valence-corrected chi connectivity index (χ3v) is 7.70. The summed E-state index contributed by atoms with van der Waals surface area (Å²) in [7, 11) is -1.10. The number of halogens is 2. The van der Waals surface area contributed by atoms with Gasteiger partial charge in [0.05, 0.1) is 32.0 Å². The third-order valence-electron chi connectivity index (χ3n) is 5.13. The van der Waals surface area contributed by atoms with E-state index in [1.807, 2.05) is 30.3 Å². The van der Waals surface area contributed by atoms with Crippen LogP contribution >= 0.6 is 23.2 Å². The molecule has 3 aromatic carbocycles. The molecule has 11 heteroatoms. The van der Waals surface area contributed by atoms with E-state index >= 15 is 0 Å². The maximum absolute atomic E-state index is 13.4. The van der Waals surface area contributed by atoms with Crippen LogP contribution < -0.4 is 14.9 Å². The number of nitrogens with one attached hydrogen (secondary N) is 1. The summed E-state index contributed by atoms with van der Waals surface area (Å²) in [4.78, 5) is 12.5. The number of hydrazone groups is 1. The van der Waals surface area contributed by atoms with Crippen LogP contribution in [0.25, 0.3) is 0 Å². The van der Waals surface area contributed by atoms with Gasteiger partial charge >= 0.3 is 0 Å². The predicted octanol–water partition coefficient (Wildman–Crippen LogP) is 4.39. The first-order valence-corrected chi connectivity index (χ1v) is 13.0. The molecule has 0 heterocycles. The average molecular weight is 550 g/mol. The van der Waals surface area contributed by atoms with E-state index in [1.165, 1.54) is 38.6 Å². The minimum atomic E-state index is -4.14. The number of ether oxygens (including phenoxy) is 2. The molecule has 0 fully saturated rings. The van der Waals surface area contributed by atoms with E-state index in [-0.39, 0.29) is 21.5 Å². The van der Waals surface area contributed by atoms with Crippen molar-refractivity contribution < 1.29 is 22.7 Å². The molecule has 0 radical (unpaired) electrons. The summed E-state index contributed by atoms with van der Waals surface area (Å²) in [6.07, 6.45) is 1.80. The summed E-state index contributed by atoms with van der Waals surface area (Å²) in [5.41, 5.74) is 3.93. The van der Waals surface area contributed by atoms with Crippen molar-refractivity contribution in [3.05, 3.63) is 87.9 Å². The summed E-state index contributed by atoms with van der Waals surface area (Å²) < 4.78 is 38.4. The highest BCUT2D eigenvalue weighted by atomic mass is 35.5. The van der Waals surface area contributed by atoms with Gasteiger partial charge < -0.3 is 9.47 Å². The molecule has 1 N–H and O–H groups in total. The van der Waals surface area contributed by atoms with Crippen LogP contribution in [-0.2, 0) is 21.2 Å². The highest BCUT2D eigenvalue weighted by molar-refractivity contribution is 7.89. The van der Waals surface area contributed by atoms with E-state index in [0.29, 0.717) is 23.5 Å². The summed E-state index contributed by atoms with van der Waals surface area (Å²) in [5.74, 6) is 0.434. The highest BCUT2D eigenvalue weighted by Gasteiger charge is 2.29. The fourth-order valence-corrected chi connectivity index (χ4v) is 5.44. The fourth-order valence-electron chi connectivity index (χ4n) is 3.30. The number of hydrogen-bond donors (Lipinski definition) is 1. The van der Waals surface area contributed by atoms with Crippen molar-refractivity contribution in [2.75, 3.05) is 27.3 Å². The van der Waals surface area contributed by atoms with Crippen LogP contribution in [0.1, 0.15) is 11.1 Å². The van der Waals surface area contributed by atoms with E-state index in [2.05, 4.69) is 10.5 Å². The molecule has 3 rings (SSSR count). The topological polar surface area (TPSA) is 97.3 Å². The lowest BCUT2D eigenvalue weighted by atomic mass is 10.1. The molecule has 0 saturated carbocycles. The summed E-state index contributed by atoms with van der Waals surface area (Å²) in [6, 6.07) is 18.6. The van der Waals surface area contributed by atoms with Crippen molar-refractivity contribution in [1.82, 2.24) is 9.73 Å². The van der Waals surface area contributed by atoms with E-state index in [1.54, 1.807) is 18.2 Å². The van der Waals surface area contributed by atoms with Crippen molar-refractivity contribution >= 4 is 45.3 Å². The lowest BCUT2D eigenvalue weighted by Crippen LogP contribution is -2.40. The van der Waals surface area contributed by atoms with Crippen LogP contribution in [0.15, 0.2) is 76.7 Å². The molecule has 36 heavy (non-hydrogen) atoms. The van der Waals surface area contributed by atoms with Gasteiger partial charge in [-0.25, -0.2) is 13.8 Å². The van der Waals surface area contributed by atoms with Gasteiger partial charge in [0.2, 0.25) is 10.0 Å². The minimum Gasteiger partial charge on any atom is -0.493 e. The van der Waals surface area contributed by atoms with Gasteiger partial charge in [0.25, 0.3) is 5.91 Å². The Morgan fingerprint density at radius 3 is 2.42 bits per heavy atom. The molecule has 190 valence electrons. The van der Waals surface area contributed by atoms with Crippen LogP contribution in [0.5, 0.6) is 11.5 Å². The Labute approximate surface area is 220 Å². The predicted molar refractivity (Wildman–Crippen MR) is 141 cm³/mol. The second-order valence-electron chi connectivity index (χ2n) is 7.56. The Morgan fingerprint density at radius 2 is 1.72 bits per heavy atom. The molecule has 0 aliphatic carbocycles. The molecular weight excluding hydrogens is 525 g/mol. The highest BCUT2D eigenvalue weighted by Crippen LogP contribution is 2.28. The Bertz CT molecular complexity index is 1330. The fraction of sp³-hybridized carbons (Fsp3) is 0.200. The van der Waals surface area contributed by atoms with Gasteiger partial charge in [0.15, 0.2) is 11.5 Å². The molecule has 0 unspecified atom stereocenters. The van der Waals surface area contributed by atoms with Crippen LogP contribution in [0.3, 0.4) is 0 Å². The van der Waals surface area contributed by atoms with E-state index in [9.17, 15) is 13.2 Å². The quantitative estimate of drug-likeness (QED) is 0.282. The van der Waals surface area contributed by atoms with Crippen molar-refractivity contribution in [2.24, 2.45) is 5.10 Å². The largest absolute Gasteiger partial charge is 0.493 e. The van der Waals surface area contributed by atoms with Crippen LogP contribution in [0.4, 0.5) is 0 Å². The number of rotatable bonds is 11. The first kappa shape index (κ1) is 27.5. The minimum absolute atomic E-state index is 0.0102. The molecule has 0 aromatic heterocycles. The van der Waals surface area contributed by atoms with E-state index in [4.69, 9.17) is 32.7 Å². The number of benzene rings is 3. The molecule has 0 aliphatic heterocycles. The van der Waals surface area contributed by atoms with E-state index < -0.39 is 22.5 Å². The maximum atomic E-state index is 13.4. The molecular formula is C25H25Cl2N3O5S. The van der Waals surface area contributed by atoms with Gasteiger partial charge in [-0.1, -0.05) is 53.5 Å².